The van der Waals surface area contributed by atoms with Crippen LogP contribution in [0.1, 0.15) is 1.43 Å². The van der Waals surface area contributed by atoms with Gasteiger partial charge in [0.1, 0.15) is 0 Å². The summed E-state index contributed by atoms with van der Waals surface area (Å²) in [7, 11) is 1.82. The Morgan fingerprint density at radius 2 is 2.17 bits per heavy atom. The smallest absolute Gasteiger partial charge is 1.00 e. The molecule has 1 unspecified atom stereocenters. The summed E-state index contributed by atoms with van der Waals surface area (Å²) < 4.78 is 10.7. The normalized spacial score (nSPS) is 33.4. The molecule has 1 atom stereocenters. The maximum Gasteiger partial charge on any atom is 1.00 e. The van der Waals surface area contributed by atoms with Gasteiger partial charge in [0.05, 0.1) is 12.0 Å². The second-order valence-corrected chi connectivity index (χ2v) is 5.04. The van der Waals surface area contributed by atoms with Crippen molar-refractivity contribution in [2.24, 2.45) is 0 Å². The van der Waals surface area contributed by atoms with Crippen LogP contribution >= 0.6 is 35.6 Å². The van der Waals surface area contributed by atoms with Gasteiger partial charge in [0.15, 0.2) is 4.77 Å². The fourth-order valence-electron chi connectivity index (χ4n) is 0.626. The van der Waals surface area contributed by atoms with Gasteiger partial charge in [-0.1, -0.05) is 23.5 Å². The van der Waals surface area contributed by atoms with E-state index < -0.39 is 5.24 Å². The van der Waals surface area contributed by atoms with Crippen molar-refractivity contribution in [3.8, 4) is 0 Å². The van der Waals surface area contributed by atoms with E-state index >= 15 is 0 Å². The molecule has 0 aromatic rings. The van der Waals surface area contributed by atoms with Crippen LogP contribution in [0.4, 0.5) is 0 Å². The zero-order chi connectivity index (χ0) is 7.73. The molecule has 2 heterocycles. The van der Waals surface area contributed by atoms with Crippen LogP contribution in [0.5, 0.6) is 0 Å². The number of nitrogens with one attached hydrogen (secondary N) is 1. The predicted molar refractivity (Wildman–Crippen MR) is 50.8 cm³/mol. The number of hydrogen-bond acceptors (Lipinski definition) is 6. The Morgan fingerprint density at radius 1 is 1.58 bits per heavy atom. The summed E-state index contributed by atoms with van der Waals surface area (Å²) in [4.78, 5) is 0. The van der Waals surface area contributed by atoms with Crippen molar-refractivity contribution in [2.45, 2.75) is 10.0 Å². The second kappa shape index (κ2) is 4.95. The van der Waals surface area contributed by atoms with Crippen LogP contribution in [-0.2, 0) is 8.92 Å². The van der Waals surface area contributed by atoms with E-state index in [0.29, 0.717) is 0 Å². The summed E-state index contributed by atoms with van der Waals surface area (Å²) in [6.45, 7) is 0. The van der Waals surface area contributed by atoms with Crippen molar-refractivity contribution in [1.82, 2.24) is 5.32 Å². The van der Waals surface area contributed by atoms with E-state index in [4.69, 9.17) is 8.92 Å². The zero-order valence-electron chi connectivity index (χ0n) is 7.77. The van der Waals surface area contributed by atoms with Crippen molar-refractivity contribution >= 4 is 35.6 Å². The summed E-state index contributed by atoms with van der Waals surface area (Å²) in [5.41, 5.74) is 0. The average molecular weight is 233 g/mol. The molecule has 7 heteroatoms. The zero-order valence-corrected chi connectivity index (χ0v) is 11.2. The predicted octanol–water partition coefficient (Wildman–Crippen LogP) is -1.14. The van der Waals surface area contributed by atoms with E-state index in [1.54, 1.807) is 23.5 Å². The monoisotopic (exact) mass is 233 g/mol. The minimum Gasteiger partial charge on any atom is -1.00 e. The summed E-state index contributed by atoms with van der Waals surface area (Å²) in [6, 6.07) is 0. The van der Waals surface area contributed by atoms with Crippen LogP contribution < -0.4 is 34.9 Å². The summed E-state index contributed by atoms with van der Waals surface area (Å²) in [5, 5.41) is 6.42. The number of ether oxygens (including phenoxy) is 1. The first-order valence-electron chi connectivity index (χ1n) is 3.04. The molecule has 1 saturated heterocycles. The van der Waals surface area contributed by atoms with Gasteiger partial charge in [-0.25, -0.2) is 4.18 Å². The second-order valence-electron chi connectivity index (χ2n) is 1.92. The Labute approximate surface area is 108 Å². The van der Waals surface area contributed by atoms with Gasteiger partial charge >= 0.3 is 34.8 Å². The Hall–Kier alpha value is 1.67. The molecular weight excluding hydrogens is 225 g/mol. The molecule has 0 amide bonds. The van der Waals surface area contributed by atoms with Gasteiger partial charge in [-0.15, -0.1) is 0 Å². The average Bonchev–Trinajstić information content (AvgIpc) is 2.59. The topological polar surface area (TPSA) is 33.8 Å². The molecule has 0 aromatic heterocycles. The Morgan fingerprint density at radius 3 is 2.58 bits per heavy atom. The summed E-state index contributed by atoms with van der Waals surface area (Å²) >= 11 is 4.62. The largest absolute Gasteiger partial charge is 1.00 e. The van der Waals surface area contributed by atoms with Gasteiger partial charge in [0, 0.05) is 0 Å². The maximum atomic E-state index is 5.55. The minimum absolute atomic E-state index is 0. The molecule has 2 aliphatic heterocycles. The van der Waals surface area contributed by atoms with Crippen molar-refractivity contribution in [3.05, 3.63) is 10.8 Å². The van der Waals surface area contributed by atoms with E-state index in [0.717, 1.165) is 0 Å². The first-order valence-corrected chi connectivity index (χ1v) is 5.67. The molecule has 2 aliphatic rings. The molecule has 0 aromatic carbocycles. The summed E-state index contributed by atoms with van der Waals surface area (Å²) in [5.74, 6) is 0. The van der Waals surface area contributed by atoms with Gasteiger partial charge in [-0.3, -0.25) is 5.32 Å². The Kier molecular flexibility index (Phi) is 4.84. The van der Waals surface area contributed by atoms with Crippen LogP contribution in [0.3, 0.4) is 0 Å². The van der Waals surface area contributed by atoms with Crippen LogP contribution in [-0.4, -0.2) is 17.1 Å². The molecule has 12 heavy (non-hydrogen) atoms. The SMILES string of the molecule is CNC1(OC2SC=CS2)OS1.[H-].[Na+]. The van der Waals surface area contributed by atoms with Gasteiger partial charge in [0.25, 0.3) is 0 Å². The first kappa shape index (κ1) is 11.7. The molecule has 1 N–H and O–H groups in total. The number of hydrogen-bond donors (Lipinski definition) is 1. The molecule has 64 valence electrons. The number of thioether (sulfide) groups is 2. The summed E-state index contributed by atoms with van der Waals surface area (Å²) in [6.07, 6.45) is 0. The van der Waals surface area contributed by atoms with Gasteiger partial charge in [0.2, 0.25) is 0 Å². The van der Waals surface area contributed by atoms with E-state index in [2.05, 4.69) is 5.32 Å². The third-order valence-electron chi connectivity index (χ3n) is 1.23. The van der Waals surface area contributed by atoms with E-state index in [9.17, 15) is 0 Å². The van der Waals surface area contributed by atoms with Crippen molar-refractivity contribution in [2.75, 3.05) is 7.05 Å². The van der Waals surface area contributed by atoms with Crippen LogP contribution in [0.2, 0.25) is 0 Å². The number of rotatable bonds is 3. The quantitative estimate of drug-likeness (QED) is 0.287. The van der Waals surface area contributed by atoms with E-state index in [1.807, 2.05) is 17.9 Å². The molecule has 3 nitrogen and oxygen atoms in total. The fraction of sp³-hybridized carbons (Fsp3) is 0.600. The third-order valence-corrected chi connectivity index (χ3v) is 4.06. The first-order chi connectivity index (χ1) is 5.35. The molecular formula is C5H8NNaO2S3. The van der Waals surface area contributed by atoms with Crippen LogP contribution in [0, 0.1) is 0 Å². The van der Waals surface area contributed by atoms with Crippen molar-refractivity contribution < 1.29 is 39.9 Å². The van der Waals surface area contributed by atoms with Crippen molar-refractivity contribution in [1.29, 1.82) is 0 Å². The van der Waals surface area contributed by atoms with Crippen LogP contribution in [0.15, 0.2) is 10.8 Å². The van der Waals surface area contributed by atoms with E-state index in [1.165, 1.54) is 12.0 Å². The maximum absolute atomic E-state index is 5.55. The van der Waals surface area contributed by atoms with Gasteiger partial charge < -0.3 is 6.16 Å². The molecule has 2 rings (SSSR count). The minimum atomic E-state index is -0.559. The molecule has 1 fully saturated rings. The van der Waals surface area contributed by atoms with Crippen LogP contribution in [0.25, 0.3) is 0 Å². The molecule has 0 bridgehead atoms. The standard InChI is InChI=1S/C5H7NO2S3.Na.H/c1-6-5(8-11-5)7-4-9-2-3-10-4;;/h2-4,6H,1H3;;/q;+1;-1. The fourth-order valence-corrected chi connectivity index (χ4v) is 2.96. The molecule has 0 saturated carbocycles. The molecule has 0 spiro atoms. The van der Waals surface area contributed by atoms with E-state index in [-0.39, 0.29) is 35.8 Å². The molecule has 0 aliphatic carbocycles. The van der Waals surface area contributed by atoms with Gasteiger partial charge in [-0.05, 0) is 17.9 Å². The third kappa shape index (κ3) is 2.83. The Balaban J connectivity index is 0.000000720. The molecule has 0 radical (unpaired) electrons. The van der Waals surface area contributed by atoms with Gasteiger partial charge in [-0.2, -0.15) is 0 Å². The van der Waals surface area contributed by atoms with Crippen molar-refractivity contribution in [3.63, 3.8) is 0 Å². The Bertz CT molecular complexity index is 185.